The zero-order chi connectivity index (χ0) is 14.4. The first-order valence-corrected chi connectivity index (χ1v) is 6.78. The summed E-state index contributed by atoms with van der Waals surface area (Å²) in [4.78, 5) is 4.12. The van der Waals surface area contributed by atoms with Gasteiger partial charge in [0.05, 0.1) is 0 Å². The molecule has 1 heterocycles. The van der Waals surface area contributed by atoms with Crippen LogP contribution in [0.1, 0.15) is 24.5 Å². The van der Waals surface area contributed by atoms with Gasteiger partial charge in [-0.05, 0) is 49.7 Å². The summed E-state index contributed by atoms with van der Waals surface area (Å²) in [5.74, 6) is 1.15. The molecular weight excluding hydrogens is 255 g/mol. The smallest absolute Gasteiger partial charge is 0.134 e. The summed E-state index contributed by atoms with van der Waals surface area (Å²) in [6.07, 6.45) is 4.55. The van der Waals surface area contributed by atoms with Gasteiger partial charge < -0.3 is 10.1 Å². The fourth-order valence-electron chi connectivity index (χ4n) is 1.85. The van der Waals surface area contributed by atoms with E-state index in [2.05, 4.69) is 17.2 Å². The SMILES string of the molecule is CCCNCc1cnccc1Oc1ccc(F)c(C)c1. The molecule has 0 atom stereocenters. The van der Waals surface area contributed by atoms with Gasteiger partial charge in [-0.1, -0.05) is 6.92 Å². The Kier molecular flexibility index (Phi) is 5.07. The van der Waals surface area contributed by atoms with E-state index in [1.54, 1.807) is 31.5 Å². The van der Waals surface area contributed by atoms with E-state index in [1.165, 1.54) is 6.07 Å². The van der Waals surface area contributed by atoms with Gasteiger partial charge in [-0.15, -0.1) is 0 Å². The summed E-state index contributed by atoms with van der Waals surface area (Å²) in [6, 6.07) is 6.56. The predicted octanol–water partition coefficient (Wildman–Crippen LogP) is 3.82. The van der Waals surface area contributed by atoms with Crippen molar-refractivity contribution in [3.05, 3.63) is 53.6 Å². The molecule has 4 heteroatoms. The van der Waals surface area contributed by atoms with Crippen LogP contribution in [-0.2, 0) is 6.54 Å². The van der Waals surface area contributed by atoms with Crippen LogP contribution in [0.2, 0.25) is 0 Å². The van der Waals surface area contributed by atoms with Gasteiger partial charge >= 0.3 is 0 Å². The summed E-state index contributed by atoms with van der Waals surface area (Å²) in [5, 5.41) is 3.32. The predicted molar refractivity (Wildman–Crippen MR) is 77.4 cm³/mol. The van der Waals surface area contributed by atoms with Gasteiger partial charge in [0.25, 0.3) is 0 Å². The number of nitrogens with one attached hydrogen (secondary N) is 1. The lowest BCUT2D eigenvalue weighted by Gasteiger charge is -2.11. The average molecular weight is 274 g/mol. The zero-order valence-corrected chi connectivity index (χ0v) is 11.8. The van der Waals surface area contributed by atoms with E-state index in [1.807, 2.05) is 6.07 Å². The fourth-order valence-corrected chi connectivity index (χ4v) is 1.85. The largest absolute Gasteiger partial charge is 0.457 e. The molecule has 0 bridgehead atoms. The minimum Gasteiger partial charge on any atom is -0.457 e. The van der Waals surface area contributed by atoms with Crippen LogP contribution < -0.4 is 10.1 Å². The Morgan fingerprint density at radius 3 is 2.90 bits per heavy atom. The van der Waals surface area contributed by atoms with Gasteiger partial charge in [-0.25, -0.2) is 4.39 Å². The number of ether oxygens (including phenoxy) is 1. The maximum absolute atomic E-state index is 13.2. The first-order chi connectivity index (χ1) is 9.70. The molecule has 0 aliphatic carbocycles. The molecule has 0 fully saturated rings. The van der Waals surface area contributed by atoms with Crippen molar-refractivity contribution in [1.82, 2.24) is 10.3 Å². The lowest BCUT2D eigenvalue weighted by molar-refractivity contribution is 0.469. The summed E-state index contributed by atoms with van der Waals surface area (Å²) in [5.41, 5.74) is 1.56. The molecule has 0 radical (unpaired) electrons. The second-order valence-electron chi connectivity index (χ2n) is 4.67. The number of aromatic nitrogens is 1. The second-order valence-corrected chi connectivity index (χ2v) is 4.67. The quantitative estimate of drug-likeness (QED) is 0.813. The van der Waals surface area contributed by atoms with E-state index in [0.29, 0.717) is 17.9 Å². The van der Waals surface area contributed by atoms with Crippen LogP contribution in [0.3, 0.4) is 0 Å². The topological polar surface area (TPSA) is 34.2 Å². The maximum Gasteiger partial charge on any atom is 0.134 e. The van der Waals surface area contributed by atoms with Crippen molar-refractivity contribution in [3.63, 3.8) is 0 Å². The molecule has 2 rings (SSSR count). The molecule has 1 aromatic heterocycles. The van der Waals surface area contributed by atoms with Crippen LogP contribution >= 0.6 is 0 Å². The van der Waals surface area contributed by atoms with Gasteiger partial charge in [0.15, 0.2) is 0 Å². The highest BCUT2D eigenvalue weighted by molar-refractivity contribution is 5.37. The van der Waals surface area contributed by atoms with E-state index in [4.69, 9.17) is 4.74 Å². The number of pyridine rings is 1. The first kappa shape index (κ1) is 14.5. The van der Waals surface area contributed by atoms with Gasteiger partial charge in [0.2, 0.25) is 0 Å². The van der Waals surface area contributed by atoms with Crippen molar-refractivity contribution in [2.24, 2.45) is 0 Å². The molecule has 0 saturated carbocycles. The minimum absolute atomic E-state index is 0.225. The highest BCUT2D eigenvalue weighted by Gasteiger charge is 2.06. The van der Waals surface area contributed by atoms with E-state index in [9.17, 15) is 4.39 Å². The second kappa shape index (κ2) is 7.01. The summed E-state index contributed by atoms with van der Waals surface area (Å²) in [7, 11) is 0. The monoisotopic (exact) mass is 274 g/mol. The number of rotatable bonds is 6. The van der Waals surface area contributed by atoms with Crippen LogP contribution in [0.5, 0.6) is 11.5 Å². The average Bonchev–Trinajstić information content (AvgIpc) is 2.45. The third kappa shape index (κ3) is 3.78. The number of nitrogens with zero attached hydrogens (tertiary/aromatic N) is 1. The Balaban J connectivity index is 2.13. The van der Waals surface area contributed by atoms with E-state index in [-0.39, 0.29) is 5.82 Å². The molecule has 0 unspecified atom stereocenters. The highest BCUT2D eigenvalue weighted by Crippen LogP contribution is 2.26. The van der Waals surface area contributed by atoms with Gasteiger partial charge in [-0.2, -0.15) is 0 Å². The molecular formula is C16H19FN2O. The van der Waals surface area contributed by atoms with Gasteiger partial charge in [-0.3, -0.25) is 4.98 Å². The van der Waals surface area contributed by atoms with E-state index in [0.717, 1.165) is 24.3 Å². The van der Waals surface area contributed by atoms with Gasteiger partial charge in [0.1, 0.15) is 17.3 Å². The number of hydrogen-bond donors (Lipinski definition) is 1. The molecule has 0 spiro atoms. The molecule has 0 aliphatic rings. The Morgan fingerprint density at radius 1 is 1.30 bits per heavy atom. The van der Waals surface area contributed by atoms with Crippen LogP contribution in [0.25, 0.3) is 0 Å². The molecule has 0 amide bonds. The molecule has 2 aromatic rings. The highest BCUT2D eigenvalue weighted by atomic mass is 19.1. The van der Waals surface area contributed by atoms with Crippen LogP contribution in [0, 0.1) is 12.7 Å². The molecule has 1 N–H and O–H groups in total. The Labute approximate surface area is 118 Å². The summed E-state index contributed by atoms with van der Waals surface area (Å²) >= 11 is 0. The van der Waals surface area contributed by atoms with E-state index < -0.39 is 0 Å². The Hall–Kier alpha value is -1.94. The fraction of sp³-hybridized carbons (Fsp3) is 0.312. The lowest BCUT2D eigenvalue weighted by Crippen LogP contribution is -2.14. The number of benzene rings is 1. The van der Waals surface area contributed by atoms with Crippen molar-refractivity contribution in [3.8, 4) is 11.5 Å². The number of halogens is 1. The zero-order valence-electron chi connectivity index (χ0n) is 11.8. The van der Waals surface area contributed by atoms with Crippen LogP contribution in [0.4, 0.5) is 4.39 Å². The molecule has 0 aliphatic heterocycles. The molecule has 106 valence electrons. The molecule has 1 aromatic carbocycles. The number of hydrogen-bond acceptors (Lipinski definition) is 3. The molecule has 0 saturated heterocycles. The minimum atomic E-state index is -0.225. The summed E-state index contributed by atoms with van der Waals surface area (Å²) in [6.45, 7) is 5.49. The van der Waals surface area contributed by atoms with Gasteiger partial charge in [0, 0.05) is 24.5 Å². The number of aryl methyl sites for hydroxylation is 1. The van der Waals surface area contributed by atoms with Crippen molar-refractivity contribution in [2.45, 2.75) is 26.8 Å². The van der Waals surface area contributed by atoms with Crippen molar-refractivity contribution < 1.29 is 9.13 Å². The normalized spacial score (nSPS) is 10.6. The van der Waals surface area contributed by atoms with Crippen LogP contribution in [-0.4, -0.2) is 11.5 Å². The molecule has 20 heavy (non-hydrogen) atoms. The summed E-state index contributed by atoms with van der Waals surface area (Å²) < 4.78 is 19.1. The Bertz CT molecular complexity index is 572. The van der Waals surface area contributed by atoms with Crippen molar-refractivity contribution in [1.29, 1.82) is 0 Å². The third-order valence-electron chi connectivity index (χ3n) is 2.96. The van der Waals surface area contributed by atoms with Crippen LogP contribution in [0.15, 0.2) is 36.7 Å². The van der Waals surface area contributed by atoms with E-state index >= 15 is 0 Å². The third-order valence-corrected chi connectivity index (χ3v) is 2.96. The first-order valence-electron chi connectivity index (χ1n) is 6.78. The van der Waals surface area contributed by atoms with Crippen molar-refractivity contribution >= 4 is 0 Å². The van der Waals surface area contributed by atoms with Crippen molar-refractivity contribution in [2.75, 3.05) is 6.54 Å². The Morgan fingerprint density at radius 2 is 2.15 bits per heavy atom. The molecule has 3 nitrogen and oxygen atoms in total. The standard InChI is InChI=1S/C16H19FN2O/c1-3-7-18-10-13-11-19-8-6-16(13)20-14-4-5-15(17)12(2)9-14/h4-6,8-9,11,18H,3,7,10H2,1-2H3. The lowest BCUT2D eigenvalue weighted by atomic mass is 10.2. The maximum atomic E-state index is 13.2.